The summed E-state index contributed by atoms with van der Waals surface area (Å²) in [5.41, 5.74) is 1.21. The number of methoxy groups -OCH3 is 2. The van der Waals surface area contributed by atoms with Crippen LogP contribution in [0.2, 0.25) is 0 Å². The molecule has 5 nitrogen and oxygen atoms in total. The Hall–Kier alpha value is -1.59. The SMILES string of the molecule is COCC(C)NC(=O)CNCCc1ccc(OC)cc1. The quantitative estimate of drug-likeness (QED) is 0.662. The van der Waals surface area contributed by atoms with Crippen molar-refractivity contribution in [3.63, 3.8) is 0 Å². The first kappa shape index (κ1) is 16.5. The Morgan fingerprint density at radius 3 is 2.55 bits per heavy atom. The zero-order valence-electron chi connectivity index (χ0n) is 12.4. The molecule has 20 heavy (non-hydrogen) atoms. The average molecular weight is 280 g/mol. The number of hydrogen-bond donors (Lipinski definition) is 2. The van der Waals surface area contributed by atoms with Gasteiger partial charge in [-0.1, -0.05) is 12.1 Å². The van der Waals surface area contributed by atoms with Crippen LogP contribution in [-0.4, -0.2) is 45.9 Å². The largest absolute Gasteiger partial charge is 0.497 e. The summed E-state index contributed by atoms with van der Waals surface area (Å²) < 4.78 is 10.1. The van der Waals surface area contributed by atoms with E-state index in [2.05, 4.69) is 10.6 Å². The number of ether oxygens (including phenoxy) is 2. The molecule has 5 heteroatoms. The van der Waals surface area contributed by atoms with Crippen molar-refractivity contribution in [2.24, 2.45) is 0 Å². The second kappa shape index (κ2) is 9.34. The molecule has 0 bridgehead atoms. The third-order valence-electron chi connectivity index (χ3n) is 2.86. The topological polar surface area (TPSA) is 59.6 Å². The molecule has 1 unspecified atom stereocenters. The van der Waals surface area contributed by atoms with Crippen LogP contribution in [0.5, 0.6) is 5.75 Å². The van der Waals surface area contributed by atoms with Crippen molar-refractivity contribution >= 4 is 5.91 Å². The molecule has 0 saturated heterocycles. The second-order valence-electron chi connectivity index (χ2n) is 4.70. The molecule has 0 aliphatic carbocycles. The van der Waals surface area contributed by atoms with Gasteiger partial charge in [-0.2, -0.15) is 0 Å². The zero-order chi connectivity index (χ0) is 14.8. The van der Waals surface area contributed by atoms with Gasteiger partial charge in [0.2, 0.25) is 5.91 Å². The second-order valence-corrected chi connectivity index (χ2v) is 4.70. The highest BCUT2D eigenvalue weighted by molar-refractivity contribution is 5.78. The Kier molecular flexibility index (Phi) is 7.69. The summed E-state index contributed by atoms with van der Waals surface area (Å²) in [6.07, 6.45) is 0.880. The average Bonchev–Trinajstić information content (AvgIpc) is 2.44. The molecule has 0 saturated carbocycles. The highest BCUT2D eigenvalue weighted by Gasteiger charge is 2.05. The van der Waals surface area contributed by atoms with Crippen molar-refractivity contribution in [2.75, 3.05) is 33.9 Å². The number of carbonyl (C=O) groups excluding carboxylic acids is 1. The maximum absolute atomic E-state index is 11.6. The van der Waals surface area contributed by atoms with Crippen molar-refractivity contribution in [3.05, 3.63) is 29.8 Å². The standard InChI is InChI=1S/C15H24N2O3/c1-12(11-19-2)17-15(18)10-16-9-8-13-4-6-14(20-3)7-5-13/h4-7,12,16H,8-11H2,1-3H3,(H,17,18). The van der Waals surface area contributed by atoms with E-state index in [4.69, 9.17) is 9.47 Å². The van der Waals surface area contributed by atoms with Crippen molar-refractivity contribution in [1.29, 1.82) is 0 Å². The first-order valence-electron chi connectivity index (χ1n) is 6.77. The van der Waals surface area contributed by atoms with Crippen molar-refractivity contribution in [3.8, 4) is 5.75 Å². The molecule has 0 radical (unpaired) electrons. The Morgan fingerprint density at radius 1 is 1.25 bits per heavy atom. The fourth-order valence-corrected chi connectivity index (χ4v) is 1.84. The molecular weight excluding hydrogens is 256 g/mol. The van der Waals surface area contributed by atoms with E-state index in [9.17, 15) is 4.79 Å². The third kappa shape index (κ3) is 6.54. The minimum atomic E-state index is -0.00993. The Labute approximate surface area is 120 Å². The Bertz CT molecular complexity index is 393. The summed E-state index contributed by atoms with van der Waals surface area (Å²) in [5.74, 6) is 0.845. The summed E-state index contributed by atoms with van der Waals surface area (Å²) in [4.78, 5) is 11.6. The monoisotopic (exact) mass is 280 g/mol. The molecule has 0 aliphatic rings. The first-order chi connectivity index (χ1) is 9.65. The van der Waals surface area contributed by atoms with E-state index in [-0.39, 0.29) is 11.9 Å². The fourth-order valence-electron chi connectivity index (χ4n) is 1.84. The summed E-state index contributed by atoms with van der Waals surface area (Å²) in [6, 6.07) is 7.97. The number of rotatable bonds is 9. The predicted molar refractivity (Wildman–Crippen MR) is 79.0 cm³/mol. The summed E-state index contributed by atoms with van der Waals surface area (Å²) in [6.45, 7) is 3.53. The lowest BCUT2D eigenvalue weighted by molar-refractivity contribution is -0.121. The van der Waals surface area contributed by atoms with Crippen molar-refractivity contribution < 1.29 is 14.3 Å². The van der Waals surface area contributed by atoms with Gasteiger partial charge in [0, 0.05) is 13.2 Å². The molecule has 1 atom stereocenters. The molecule has 1 aromatic rings. The van der Waals surface area contributed by atoms with E-state index in [1.54, 1.807) is 14.2 Å². The van der Waals surface area contributed by atoms with Gasteiger partial charge in [-0.15, -0.1) is 0 Å². The van der Waals surface area contributed by atoms with Crippen LogP contribution in [0, 0.1) is 0 Å². The zero-order valence-corrected chi connectivity index (χ0v) is 12.4. The summed E-state index contributed by atoms with van der Waals surface area (Å²) in [5, 5.41) is 5.98. The molecule has 0 spiro atoms. The number of nitrogens with one attached hydrogen (secondary N) is 2. The van der Waals surface area contributed by atoms with E-state index in [0.717, 1.165) is 18.7 Å². The lowest BCUT2D eigenvalue weighted by Gasteiger charge is -2.13. The third-order valence-corrected chi connectivity index (χ3v) is 2.86. The van der Waals surface area contributed by atoms with Crippen LogP contribution in [0.1, 0.15) is 12.5 Å². The lowest BCUT2D eigenvalue weighted by Crippen LogP contribution is -2.41. The van der Waals surface area contributed by atoms with E-state index in [1.807, 2.05) is 31.2 Å². The van der Waals surface area contributed by atoms with Crippen LogP contribution in [0.25, 0.3) is 0 Å². The minimum absolute atomic E-state index is 0.00993. The van der Waals surface area contributed by atoms with Gasteiger partial charge in [-0.25, -0.2) is 0 Å². The van der Waals surface area contributed by atoms with Gasteiger partial charge in [0.05, 0.1) is 20.3 Å². The van der Waals surface area contributed by atoms with E-state index in [0.29, 0.717) is 13.2 Å². The molecule has 0 fully saturated rings. The normalized spacial score (nSPS) is 11.9. The van der Waals surface area contributed by atoms with Crippen LogP contribution in [0.4, 0.5) is 0 Å². The predicted octanol–water partition coefficient (Wildman–Crippen LogP) is 0.978. The van der Waals surface area contributed by atoms with Gasteiger partial charge < -0.3 is 20.1 Å². The van der Waals surface area contributed by atoms with Gasteiger partial charge in [0.25, 0.3) is 0 Å². The maximum atomic E-state index is 11.6. The van der Waals surface area contributed by atoms with E-state index >= 15 is 0 Å². The molecule has 2 N–H and O–H groups in total. The molecule has 1 aromatic carbocycles. The first-order valence-corrected chi connectivity index (χ1v) is 6.77. The number of amides is 1. The lowest BCUT2D eigenvalue weighted by atomic mass is 10.1. The summed E-state index contributed by atoms with van der Waals surface area (Å²) in [7, 11) is 3.27. The Morgan fingerprint density at radius 2 is 1.95 bits per heavy atom. The van der Waals surface area contributed by atoms with Gasteiger partial charge in [-0.3, -0.25) is 4.79 Å². The van der Waals surface area contributed by atoms with Gasteiger partial charge in [0.1, 0.15) is 5.75 Å². The molecule has 0 aliphatic heterocycles. The molecule has 112 valence electrons. The Balaban J connectivity index is 2.16. The molecule has 0 heterocycles. The van der Waals surface area contributed by atoms with Crippen LogP contribution < -0.4 is 15.4 Å². The molecule has 1 amide bonds. The summed E-state index contributed by atoms with van der Waals surface area (Å²) >= 11 is 0. The van der Waals surface area contributed by atoms with Crippen LogP contribution >= 0.6 is 0 Å². The smallest absolute Gasteiger partial charge is 0.234 e. The fraction of sp³-hybridized carbons (Fsp3) is 0.533. The van der Waals surface area contributed by atoms with E-state index < -0.39 is 0 Å². The molecule has 0 aromatic heterocycles. The van der Waals surface area contributed by atoms with Gasteiger partial charge >= 0.3 is 0 Å². The van der Waals surface area contributed by atoms with E-state index in [1.165, 1.54) is 5.56 Å². The van der Waals surface area contributed by atoms with Crippen LogP contribution in [-0.2, 0) is 16.0 Å². The number of benzene rings is 1. The molecule has 1 rings (SSSR count). The minimum Gasteiger partial charge on any atom is -0.497 e. The highest BCUT2D eigenvalue weighted by Crippen LogP contribution is 2.11. The van der Waals surface area contributed by atoms with Gasteiger partial charge in [-0.05, 0) is 37.6 Å². The number of hydrogen-bond acceptors (Lipinski definition) is 4. The van der Waals surface area contributed by atoms with Crippen molar-refractivity contribution in [1.82, 2.24) is 10.6 Å². The van der Waals surface area contributed by atoms with Crippen LogP contribution in [0.3, 0.4) is 0 Å². The van der Waals surface area contributed by atoms with Crippen LogP contribution in [0.15, 0.2) is 24.3 Å². The van der Waals surface area contributed by atoms with Crippen molar-refractivity contribution in [2.45, 2.75) is 19.4 Å². The highest BCUT2D eigenvalue weighted by atomic mass is 16.5. The maximum Gasteiger partial charge on any atom is 0.234 e. The van der Waals surface area contributed by atoms with Gasteiger partial charge in [0.15, 0.2) is 0 Å². The molecular formula is C15H24N2O3. The number of carbonyl (C=O) groups is 1.